The molecule has 2 nitrogen and oxygen atoms in total. The van der Waals surface area contributed by atoms with Crippen molar-refractivity contribution in [1.29, 1.82) is 0 Å². The summed E-state index contributed by atoms with van der Waals surface area (Å²) in [7, 11) is 0. The van der Waals surface area contributed by atoms with Gasteiger partial charge in [0.15, 0.2) is 0 Å². The van der Waals surface area contributed by atoms with Crippen molar-refractivity contribution in [3.05, 3.63) is 69.5 Å². The first kappa shape index (κ1) is 28.8. The summed E-state index contributed by atoms with van der Waals surface area (Å²) in [6.45, 7) is 14.9. The summed E-state index contributed by atoms with van der Waals surface area (Å²) >= 11 is 0. The Morgan fingerprint density at radius 1 is 0.731 bits per heavy atom. The van der Waals surface area contributed by atoms with Crippen LogP contribution in [-0.2, 0) is 32.7 Å². The Balaban J connectivity index is 0. The van der Waals surface area contributed by atoms with Gasteiger partial charge in [-0.1, -0.05) is 67.1 Å². The van der Waals surface area contributed by atoms with Crippen molar-refractivity contribution in [1.82, 2.24) is 0 Å². The van der Waals surface area contributed by atoms with E-state index in [2.05, 4.69) is 58.8 Å². The number of hydrogen-bond acceptors (Lipinski definition) is 1. The van der Waals surface area contributed by atoms with Gasteiger partial charge in [0.05, 0.1) is 0 Å². The number of unbranched alkanes of at least 4 members (excludes halogenated alkanes) is 1. The molecule has 2 fully saturated rings. The summed E-state index contributed by atoms with van der Waals surface area (Å²) in [5.74, 6) is 1.02. The Morgan fingerprint density at radius 3 is 1.31 bits per heavy atom. The third-order valence-electron chi connectivity index (χ3n) is 2.79. The maximum Gasteiger partial charge on any atom is 3.00 e. The van der Waals surface area contributed by atoms with Crippen molar-refractivity contribution < 1.29 is 32.7 Å². The Morgan fingerprint density at radius 2 is 1.08 bits per heavy atom. The molecule has 0 aromatic carbocycles. The first-order valence-electron chi connectivity index (χ1n) is 9.29. The van der Waals surface area contributed by atoms with E-state index in [1.165, 1.54) is 12.8 Å². The summed E-state index contributed by atoms with van der Waals surface area (Å²) in [6.07, 6.45) is 23.4. The minimum atomic E-state index is -0.0160. The predicted molar refractivity (Wildman–Crippen MR) is 113 cm³/mol. The van der Waals surface area contributed by atoms with Gasteiger partial charge in [-0.3, -0.25) is 0 Å². The second-order valence-corrected chi connectivity index (χ2v) is 8.01. The van der Waals surface area contributed by atoms with Gasteiger partial charge in [-0.2, -0.15) is 0 Å². The molecule has 0 N–H and O–H groups in total. The monoisotopic (exact) mass is 430 g/mol. The third-order valence-corrected chi connectivity index (χ3v) is 2.79. The molecule has 10 radical (unpaired) electrons. The molecular weight excluding hydrogens is 393 g/mol. The first-order chi connectivity index (χ1) is 11.6. The van der Waals surface area contributed by atoms with Crippen molar-refractivity contribution in [2.75, 3.05) is 0 Å². The molecule has 2 saturated carbocycles. The summed E-state index contributed by atoms with van der Waals surface area (Å²) in [4.78, 5) is 4.68. The molecule has 26 heavy (non-hydrogen) atoms. The maximum atomic E-state index is 4.68. The molecule has 0 atom stereocenters. The Labute approximate surface area is 191 Å². The Bertz CT molecular complexity index is 304. The second-order valence-electron chi connectivity index (χ2n) is 8.01. The zero-order valence-corrected chi connectivity index (χ0v) is 20.7. The van der Waals surface area contributed by atoms with Crippen LogP contribution in [0.3, 0.4) is 0 Å². The molecule has 2 aliphatic carbocycles. The molecule has 0 aromatic heterocycles. The Kier molecular flexibility index (Phi) is 18.3. The molecular formula is C23H37N2Y+2. The van der Waals surface area contributed by atoms with Crippen LogP contribution in [0.1, 0.15) is 67.7 Å². The maximum absolute atomic E-state index is 4.68. The van der Waals surface area contributed by atoms with E-state index in [0.717, 1.165) is 12.3 Å². The van der Waals surface area contributed by atoms with E-state index in [1.807, 2.05) is 64.2 Å². The molecule has 2 aliphatic rings. The smallest absolute Gasteiger partial charge is 0.463 e. The molecule has 3 heteroatoms. The zero-order valence-electron chi connectivity index (χ0n) is 17.9. The molecule has 140 valence electrons. The fraction of sp³-hybridized carbons (Fsp3) is 0.522. The minimum Gasteiger partial charge on any atom is -0.463 e. The van der Waals surface area contributed by atoms with Gasteiger partial charge in [0.2, 0.25) is 0 Å². The van der Waals surface area contributed by atoms with E-state index in [0.29, 0.717) is 0 Å². The molecule has 0 aliphatic heterocycles. The molecule has 0 aromatic rings. The van der Waals surface area contributed by atoms with Crippen molar-refractivity contribution >= 4 is 5.84 Å². The van der Waals surface area contributed by atoms with E-state index in [1.54, 1.807) is 0 Å². The van der Waals surface area contributed by atoms with Crippen LogP contribution in [0.25, 0.3) is 5.32 Å². The van der Waals surface area contributed by atoms with Gasteiger partial charge in [-0.05, 0) is 81.7 Å². The number of nitrogens with zero attached hydrogens (tertiary/aromatic N) is 2. The van der Waals surface area contributed by atoms with Gasteiger partial charge < -0.3 is 10.3 Å². The fourth-order valence-electron chi connectivity index (χ4n) is 1.89. The molecule has 0 heterocycles. The van der Waals surface area contributed by atoms with Gasteiger partial charge in [0.1, 0.15) is 0 Å². The first-order valence-corrected chi connectivity index (χ1v) is 9.29. The van der Waals surface area contributed by atoms with Crippen molar-refractivity contribution in [2.45, 2.75) is 78.8 Å². The van der Waals surface area contributed by atoms with E-state index in [9.17, 15) is 0 Å². The van der Waals surface area contributed by atoms with Crippen LogP contribution in [0.5, 0.6) is 0 Å². The van der Waals surface area contributed by atoms with Crippen LogP contribution in [0.2, 0.25) is 0 Å². The second kappa shape index (κ2) is 16.5. The van der Waals surface area contributed by atoms with E-state index >= 15 is 0 Å². The number of hydrogen-bond donors (Lipinski definition) is 0. The largest absolute Gasteiger partial charge is 3.00 e. The van der Waals surface area contributed by atoms with Gasteiger partial charge in [-0.15, -0.1) is 0 Å². The number of amidine groups is 1. The van der Waals surface area contributed by atoms with Gasteiger partial charge in [0, 0.05) is 0 Å². The van der Waals surface area contributed by atoms with E-state index in [-0.39, 0.29) is 43.8 Å². The predicted octanol–water partition coefficient (Wildman–Crippen LogP) is 6.59. The van der Waals surface area contributed by atoms with Gasteiger partial charge in [0.25, 0.3) is 0 Å². The third kappa shape index (κ3) is 22.6. The Hall–Kier alpha value is 0.574. The average molecular weight is 430 g/mol. The molecule has 0 saturated heterocycles. The molecule has 2 rings (SSSR count). The summed E-state index contributed by atoms with van der Waals surface area (Å²) in [6, 6.07) is 0. The molecule has 0 bridgehead atoms. The van der Waals surface area contributed by atoms with Crippen molar-refractivity contribution in [3.63, 3.8) is 0 Å². The molecule has 0 spiro atoms. The molecule has 0 unspecified atom stereocenters. The summed E-state index contributed by atoms with van der Waals surface area (Å²) < 4.78 is 0. The SMILES string of the molecule is CCCCC(=NC(C)(C)C)[N-]C(C)(C)C.[CH]1[CH][CH][CH][CH]1.[CH]1[CH][CH][CH][CH]1.[Y+3]. The van der Waals surface area contributed by atoms with Crippen molar-refractivity contribution in [3.8, 4) is 0 Å². The number of aliphatic imine (C=N–C) groups is 1. The van der Waals surface area contributed by atoms with E-state index < -0.39 is 0 Å². The van der Waals surface area contributed by atoms with Gasteiger partial charge >= 0.3 is 32.7 Å². The summed E-state index contributed by atoms with van der Waals surface area (Å²) in [5.41, 5.74) is -0.0321. The van der Waals surface area contributed by atoms with Crippen LogP contribution in [0, 0.1) is 64.2 Å². The van der Waals surface area contributed by atoms with Crippen LogP contribution >= 0.6 is 0 Å². The zero-order chi connectivity index (χ0) is 19.2. The van der Waals surface area contributed by atoms with E-state index in [4.69, 9.17) is 0 Å². The van der Waals surface area contributed by atoms with Crippen LogP contribution in [0.15, 0.2) is 4.99 Å². The van der Waals surface area contributed by atoms with Crippen molar-refractivity contribution in [2.24, 2.45) is 4.99 Å². The van der Waals surface area contributed by atoms with Crippen LogP contribution < -0.4 is 0 Å². The standard InChI is InChI=1S/C13H27N2.2C5H5.Y/c1-8-9-10-11(14-12(2,3)4)15-13(5,6)7;2*1-2-4-5-3-1;/h8-10H2,1-7H3;2*1-5H;/q-1;;;+3. The quantitative estimate of drug-likeness (QED) is 0.357. The molecule has 0 amide bonds. The number of rotatable bonds is 3. The minimum absolute atomic E-state index is 0. The van der Waals surface area contributed by atoms with Crippen LogP contribution in [-0.4, -0.2) is 16.9 Å². The topological polar surface area (TPSA) is 26.5 Å². The average Bonchev–Trinajstić information content (AvgIpc) is 3.17. The van der Waals surface area contributed by atoms with Crippen LogP contribution in [0.4, 0.5) is 0 Å². The van der Waals surface area contributed by atoms with Gasteiger partial charge in [-0.25, -0.2) is 0 Å². The normalized spacial score (nSPS) is 17.4. The summed E-state index contributed by atoms with van der Waals surface area (Å²) in [5, 5.41) is 4.68. The fourth-order valence-corrected chi connectivity index (χ4v) is 1.89.